The first-order valence-corrected chi connectivity index (χ1v) is 9.27. The quantitative estimate of drug-likeness (QED) is 0.678. The third-order valence-electron chi connectivity index (χ3n) is 4.36. The van der Waals surface area contributed by atoms with Gasteiger partial charge in [0, 0.05) is 10.9 Å². The number of rotatable bonds is 3. The minimum Gasteiger partial charge on any atom is -0.466 e. The number of carbonyl (C=O) groups excluding carboxylic acids is 2. The second-order valence-corrected chi connectivity index (χ2v) is 7.31. The molecule has 1 aromatic heterocycles. The highest BCUT2D eigenvalue weighted by molar-refractivity contribution is 7.14. The number of thiazole rings is 1. The van der Waals surface area contributed by atoms with Crippen LogP contribution in [0.25, 0.3) is 11.3 Å². The van der Waals surface area contributed by atoms with Gasteiger partial charge in [-0.25, -0.2) is 4.98 Å². The standard InChI is InChI=1S/C20H17N3O3S/c1-12-8-9-16-14(10-12)21-17(24)20(2,26-16)18(25)23-19-22-15(11-27-19)13-6-4-3-5-7-13/h3-11H,1-2H3,(H,21,24)(H,22,23,25). The number of ether oxygens (including phenoxy) is 1. The van der Waals surface area contributed by atoms with Crippen molar-refractivity contribution in [1.29, 1.82) is 0 Å². The molecule has 0 saturated carbocycles. The number of nitrogens with zero attached hydrogens (tertiary/aromatic N) is 1. The van der Waals surface area contributed by atoms with Gasteiger partial charge in [0.15, 0.2) is 5.13 Å². The fraction of sp³-hybridized carbons (Fsp3) is 0.150. The summed E-state index contributed by atoms with van der Waals surface area (Å²) in [6.07, 6.45) is 0. The monoisotopic (exact) mass is 379 g/mol. The topological polar surface area (TPSA) is 80.3 Å². The van der Waals surface area contributed by atoms with E-state index in [1.54, 1.807) is 12.1 Å². The summed E-state index contributed by atoms with van der Waals surface area (Å²) in [4.78, 5) is 29.8. The van der Waals surface area contributed by atoms with Crippen LogP contribution in [0.4, 0.5) is 10.8 Å². The maximum Gasteiger partial charge on any atom is 0.280 e. The largest absolute Gasteiger partial charge is 0.466 e. The summed E-state index contributed by atoms with van der Waals surface area (Å²) in [7, 11) is 0. The number of aryl methyl sites for hydroxylation is 1. The number of hydrogen-bond donors (Lipinski definition) is 2. The van der Waals surface area contributed by atoms with Crippen molar-refractivity contribution < 1.29 is 14.3 Å². The second-order valence-electron chi connectivity index (χ2n) is 6.45. The van der Waals surface area contributed by atoms with Crippen LogP contribution in [0.5, 0.6) is 5.75 Å². The molecule has 0 bridgehead atoms. The van der Waals surface area contributed by atoms with Crippen LogP contribution in [0.15, 0.2) is 53.9 Å². The molecule has 2 heterocycles. The maximum absolute atomic E-state index is 12.8. The van der Waals surface area contributed by atoms with E-state index in [0.29, 0.717) is 16.6 Å². The van der Waals surface area contributed by atoms with Gasteiger partial charge in [-0.3, -0.25) is 14.9 Å². The van der Waals surface area contributed by atoms with Crippen LogP contribution in [0.2, 0.25) is 0 Å². The molecule has 2 amide bonds. The lowest BCUT2D eigenvalue weighted by molar-refractivity contribution is -0.143. The van der Waals surface area contributed by atoms with Crippen LogP contribution in [0, 0.1) is 6.92 Å². The van der Waals surface area contributed by atoms with Gasteiger partial charge >= 0.3 is 0 Å². The van der Waals surface area contributed by atoms with Crippen molar-refractivity contribution in [2.24, 2.45) is 0 Å². The summed E-state index contributed by atoms with van der Waals surface area (Å²) in [6, 6.07) is 15.1. The summed E-state index contributed by atoms with van der Waals surface area (Å²) >= 11 is 1.29. The van der Waals surface area contributed by atoms with Crippen LogP contribution in [-0.4, -0.2) is 22.4 Å². The van der Waals surface area contributed by atoms with E-state index in [-0.39, 0.29) is 0 Å². The molecule has 2 N–H and O–H groups in total. The zero-order chi connectivity index (χ0) is 19.0. The lowest BCUT2D eigenvalue weighted by atomic mass is 10.0. The molecule has 0 radical (unpaired) electrons. The number of anilines is 2. The molecule has 0 fully saturated rings. The minimum atomic E-state index is -1.68. The Morgan fingerprint density at radius 1 is 1.22 bits per heavy atom. The Bertz CT molecular complexity index is 1030. The number of fused-ring (bicyclic) bond motifs is 1. The highest BCUT2D eigenvalue weighted by atomic mass is 32.1. The molecule has 0 spiro atoms. The van der Waals surface area contributed by atoms with Crippen molar-refractivity contribution in [1.82, 2.24) is 4.98 Å². The molecule has 1 aliphatic rings. The molecular formula is C20H17N3O3S. The zero-order valence-corrected chi connectivity index (χ0v) is 15.6. The Kier molecular flexibility index (Phi) is 4.16. The van der Waals surface area contributed by atoms with Crippen molar-refractivity contribution in [3.8, 4) is 17.0 Å². The van der Waals surface area contributed by atoms with Gasteiger partial charge < -0.3 is 10.1 Å². The van der Waals surface area contributed by atoms with Gasteiger partial charge in [0.25, 0.3) is 17.4 Å². The molecule has 136 valence electrons. The summed E-state index contributed by atoms with van der Waals surface area (Å²) in [5, 5.41) is 7.71. The number of aromatic nitrogens is 1. The zero-order valence-electron chi connectivity index (χ0n) is 14.8. The smallest absolute Gasteiger partial charge is 0.280 e. The maximum atomic E-state index is 12.8. The van der Waals surface area contributed by atoms with Gasteiger partial charge in [0.1, 0.15) is 5.75 Å². The van der Waals surface area contributed by atoms with Gasteiger partial charge in [0.05, 0.1) is 11.4 Å². The van der Waals surface area contributed by atoms with E-state index in [2.05, 4.69) is 15.6 Å². The molecule has 2 aromatic carbocycles. The average Bonchev–Trinajstić information content (AvgIpc) is 3.12. The van der Waals surface area contributed by atoms with Gasteiger partial charge in [-0.15, -0.1) is 11.3 Å². The van der Waals surface area contributed by atoms with Crippen molar-refractivity contribution in [3.63, 3.8) is 0 Å². The van der Waals surface area contributed by atoms with E-state index in [9.17, 15) is 9.59 Å². The molecule has 27 heavy (non-hydrogen) atoms. The Labute approximate surface area is 160 Å². The Balaban J connectivity index is 1.55. The molecule has 1 unspecified atom stereocenters. The molecule has 7 heteroatoms. The third kappa shape index (κ3) is 3.17. The van der Waals surface area contributed by atoms with Gasteiger partial charge in [-0.05, 0) is 31.5 Å². The van der Waals surface area contributed by atoms with Crippen LogP contribution >= 0.6 is 11.3 Å². The van der Waals surface area contributed by atoms with Crippen molar-refractivity contribution in [3.05, 3.63) is 59.5 Å². The summed E-state index contributed by atoms with van der Waals surface area (Å²) in [5.41, 5.74) is 1.58. The summed E-state index contributed by atoms with van der Waals surface area (Å²) in [6.45, 7) is 3.37. The van der Waals surface area contributed by atoms with Crippen molar-refractivity contribution in [2.45, 2.75) is 19.4 Å². The average molecular weight is 379 g/mol. The molecule has 1 aliphatic heterocycles. The molecule has 3 aromatic rings. The Morgan fingerprint density at radius 2 is 2.00 bits per heavy atom. The molecule has 0 saturated heterocycles. The molecule has 4 rings (SSSR count). The van der Waals surface area contributed by atoms with E-state index in [0.717, 1.165) is 16.8 Å². The number of nitrogens with one attached hydrogen (secondary N) is 2. The van der Waals surface area contributed by atoms with Gasteiger partial charge in [-0.1, -0.05) is 36.4 Å². The molecule has 6 nitrogen and oxygen atoms in total. The molecule has 1 atom stereocenters. The van der Waals surface area contributed by atoms with E-state index >= 15 is 0 Å². The van der Waals surface area contributed by atoms with Crippen molar-refractivity contribution >= 4 is 34.0 Å². The van der Waals surface area contributed by atoms with Crippen LogP contribution in [-0.2, 0) is 9.59 Å². The lowest BCUT2D eigenvalue weighted by Crippen LogP contribution is -2.56. The van der Waals surface area contributed by atoms with Gasteiger partial charge in [0.2, 0.25) is 0 Å². The molecular weight excluding hydrogens is 362 g/mol. The first-order chi connectivity index (χ1) is 13.0. The van der Waals surface area contributed by atoms with Crippen molar-refractivity contribution in [2.75, 3.05) is 10.6 Å². The predicted molar refractivity (Wildman–Crippen MR) is 105 cm³/mol. The van der Waals surface area contributed by atoms with E-state index in [4.69, 9.17) is 4.74 Å². The number of benzene rings is 2. The Morgan fingerprint density at radius 3 is 2.78 bits per heavy atom. The highest BCUT2D eigenvalue weighted by Crippen LogP contribution is 2.35. The van der Waals surface area contributed by atoms with Crippen LogP contribution < -0.4 is 15.4 Å². The second kappa shape index (κ2) is 6.51. The first-order valence-electron chi connectivity index (χ1n) is 8.39. The number of carbonyl (C=O) groups is 2. The SMILES string of the molecule is Cc1ccc2c(c1)NC(=O)C(C)(C(=O)Nc1nc(-c3ccccc3)cs1)O2. The normalized spacial score (nSPS) is 18.2. The first kappa shape index (κ1) is 17.2. The lowest BCUT2D eigenvalue weighted by Gasteiger charge is -2.33. The minimum absolute atomic E-state index is 0.409. The van der Waals surface area contributed by atoms with Gasteiger partial charge in [-0.2, -0.15) is 0 Å². The van der Waals surface area contributed by atoms with E-state index in [1.807, 2.05) is 48.7 Å². The van der Waals surface area contributed by atoms with Crippen LogP contribution in [0.3, 0.4) is 0 Å². The summed E-state index contributed by atoms with van der Waals surface area (Å²) in [5.74, 6) is -0.625. The predicted octanol–water partition coefficient (Wildman–Crippen LogP) is 3.85. The molecule has 0 aliphatic carbocycles. The summed E-state index contributed by atoms with van der Waals surface area (Å²) < 4.78 is 5.76. The van der Waals surface area contributed by atoms with E-state index < -0.39 is 17.4 Å². The Hall–Kier alpha value is -3.19. The number of amides is 2. The van der Waals surface area contributed by atoms with E-state index in [1.165, 1.54) is 18.3 Å². The third-order valence-corrected chi connectivity index (χ3v) is 5.12. The fourth-order valence-electron chi connectivity index (χ4n) is 2.78. The fourth-order valence-corrected chi connectivity index (χ4v) is 3.49. The highest BCUT2D eigenvalue weighted by Gasteiger charge is 2.47. The number of hydrogen-bond acceptors (Lipinski definition) is 5. The van der Waals surface area contributed by atoms with Crippen LogP contribution in [0.1, 0.15) is 12.5 Å².